The van der Waals surface area contributed by atoms with E-state index in [9.17, 15) is 14.4 Å². The second-order valence-corrected chi connectivity index (χ2v) is 6.88. The smallest absolute Gasteiger partial charge is 0.336 e. The molecule has 0 aromatic heterocycles. The number of ether oxygens (including phenoxy) is 1. The Morgan fingerprint density at radius 3 is 2.14 bits per heavy atom. The molecule has 9 nitrogen and oxygen atoms in total. The fourth-order valence-corrected chi connectivity index (χ4v) is 3.10. The fourth-order valence-electron chi connectivity index (χ4n) is 3.10. The molecule has 1 fully saturated rings. The summed E-state index contributed by atoms with van der Waals surface area (Å²) < 4.78 is 5.78. The lowest BCUT2D eigenvalue weighted by molar-refractivity contribution is -0.170. The third kappa shape index (κ3) is 9.03. The summed E-state index contributed by atoms with van der Waals surface area (Å²) in [6.07, 6.45) is 1.59. The highest BCUT2D eigenvalue weighted by Crippen LogP contribution is 2.18. The van der Waals surface area contributed by atoms with Gasteiger partial charge in [0.15, 0.2) is 5.60 Å². The molecule has 0 amide bonds. The molecule has 1 saturated heterocycles. The van der Waals surface area contributed by atoms with Crippen LogP contribution in [0.15, 0.2) is 30.3 Å². The summed E-state index contributed by atoms with van der Waals surface area (Å²) in [5.74, 6) is -5.02. The predicted molar refractivity (Wildman–Crippen MR) is 104 cm³/mol. The molecular weight excluding hydrogens is 382 g/mol. The lowest BCUT2D eigenvalue weighted by Gasteiger charge is -2.23. The highest BCUT2D eigenvalue weighted by Gasteiger charge is 2.40. The van der Waals surface area contributed by atoms with Crippen LogP contribution < -0.4 is 5.32 Å². The van der Waals surface area contributed by atoms with E-state index in [1.54, 1.807) is 0 Å². The third-order valence-electron chi connectivity index (χ3n) is 4.46. The lowest BCUT2D eigenvalue weighted by atomic mass is 9.96. The summed E-state index contributed by atoms with van der Waals surface area (Å²) >= 11 is 0. The van der Waals surface area contributed by atoms with Crippen LogP contribution in [0.5, 0.6) is 0 Å². The first-order valence-corrected chi connectivity index (χ1v) is 9.46. The Morgan fingerprint density at radius 1 is 1.14 bits per heavy atom. The van der Waals surface area contributed by atoms with Gasteiger partial charge in [-0.3, -0.25) is 9.59 Å². The molecule has 1 aromatic rings. The molecule has 0 unspecified atom stereocenters. The third-order valence-corrected chi connectivity index (χ3v) is 4.46. The van der Waals surface area contributed by atoms with Gasteiger partial charge in [-0.05, 0) is 31.4 Å². The minimum absolute atomic E-state index is 0.403. The van der Waals surface area contributed by atoms with Gasteiger partial charge in [0.1, 0.15) is 0 Å². The molecule has 1 aliphatic heterocycles. The van der Waals surface area contributed by atoms with Crippen molar-refractivity contribution in [3.63, 3.8) is 0 Å². The maximum atomic E-state index is 10.3. The topological polar surface area (TPSA) is 153 Å². The Balaban J connectivity index is 0.000000298. The van der Waals surface area contributed by atoms with E-state index in [1.165, 1.54) is 18.4 Å². The van der Waals surface area contributed by atoms with Crippen molar-refractivity contribution in [1.29, 1.82) is 0 Å². The highest BCUT2D eigenvalue weighted by atomic mass is 16.5. The Morgan fingerprint density at radius 2 is 1.72 bits per heavy atom. The molecule has 5 N–H and O–H groups in total. The van der Waals surface area contributed by atoms with Gasteiger partial charge >= 0.3 is 17.9 Å². The van der Waals surface area contributed by atoms with E-state index >= 15 is 0 Å². The van der Waals surface area contributed by atoms with Crippen molar-refractivity contribution in [1.82, 2.24) is 5.32 Å². The molecule has 1 aromatic carbocycles. The molecular formula is C20H29NO8. The van der Waals surface area contributed by atoms with Crippen LogP contribution in [0.2, 0.25) is 0 Å². The maximum absolute atomic E-state index is 10.3. The standard InChI is InChI=1S/C14H21NO.C6H8O7/c1-2-15-13(14-9-6-10-16-14)11-12-7-4-3-5-8-12;7-3(8)1-6(13,5(11)12)2-4(9)10/h3-5,7-8,13-15H,2,6,9-11H2,1H3;13H,1-2H2,(H,7,8)(H,9,10)(H,11,12)/t13-,14-;/m1./s1. The molecule has 0 saturated carbocycles. The zero-order valence-corrected chi connectivity index (χ0v) is 16.4. The number of aliphatic hydroxyl groups is 1. The van der Waals surface area contributed by atoms with E-state index in [0.717, 1.165) is 19.6 Å². The van der Waals surface area contributed by atoms with Crippen molar-refractivity contribution in [2.75, 3.05) is 13.2 Å². The molecule has 0 spiro atoms. The average molecular weight is 411 g/mol. The summed E-state index contributed by atoms with van der Waals surface area (Å²) in [7, 11) is 0. The van der Waals surface area contributed by atoms with Gasteiger partial charge in [0.05, 0.1) is 18.9 Å². The van der Waals surface area contributed by atoms with E-state index in [2.05, 4.69) is 42.6 Å². The van der Waals surface area contributed by atoms with E-state index in [1.807, 2.05) is 0 Å². The van der Waals surface area contributed by atoms with Crippen LogP contribution in [0.4, 0.5) is 0 Å². The van der Waals surface area contributed by atoms with Crippen LogP contribution in [-0.4, -0.2) is 69.2 Å². The van der Waals surface area contributed by atoms with Gasteiger partial charge in [-0.15, -0.1) is 0 Å². The van der Waals surface area contributed by atoms with Gasteiger partial charge < -0.3 is 30.5 Å². The van der Waals surface area contributed by atoms with Crippen LogP contribution in [-0.2, 0) is 25.5 Å². The Hall–Kier alpha value is -2.49. The molecule has 1 aliphatic rings. The first-order chi connectivity index (χ1) is 13.7. The number of carbonyl (C=O) groups is 3. The van der Waals surface area contributed by atoms with Gasteiger partial charge in [-0.1, -0.05) is 37.3 Å². The van der Waals surface area contributed by atoms with Gasteiger partial charge in [-0.2, -0.15) is 0 Å². The van der Waals surface area contributed by atoms with Crippen LogP contribution >= 0.6 is 0 Å². The minimum Gasteiger partial charge on any atom is -0.481 e. The summed E-state index contributed by atoms with van der Waals surface area (Å²) in [6.45, 7) is 4.10. The monoisotopic (exact) mass is 411 g/mol. The lowest BCUT2D eigenvalue weighted by Crippen LogP contribution is -2.42. The Bertz CT molecular complexity index is 642. The Kier molecular flexibility index (Phi) is 10.3. The van der Waals surface area contributed by atoms with Crippen LogP contribution in [0, 0.1) is 0 Å². The van der Waals surface area contributed by atoms with Crippen molar-refractivity contribution in [2.45, 2.75) is 56.8 Å². The van der Waals surface area contributed by atoms with Crippen LogP contribution in [0.3, 0.4) is 0 Å². The molecule has 29 heavy (non-hydrogen) atoms. The number of hydrogen-bond donors (Lipinski definition) is 5. The van der Waals surface area contributed by atoms with E-state index in [0.29, 0.717) is 12.1 Å². The molecule has 1 heterocycles. The molecule has 0 bridgehead atoms. The number of rotatable bonds is 10. The second-order valence-electron chi connectivity index (χ2n) is 6.88. The molecule has 2 rings (SSSR count). The van der Waals surface area contributed by atoms with E-state index < -0.39 is 36.4 Å². The summed E-state index contributed by atoms with van der Waals surface area (Å²) in [4.78, 5) is 30.5. The Labute approximate surface area is 169 Å². The zero-order valence-electron chi connectivity index (χ0n) is 16.4. The van der Waals surface area contributed by atoms with Gasteiger partial charge in [0.25, 0.3) is 0 Å². The van der Waals surface area contributed by atoms with Crippen molar-refractivity contribution in [2.24, 2.45) is 0 Å². The fraction of sp³-hybridized carbons (Fsp3) is 0.550. The SMILES string of the molecule is CCN[C@H](Cc1ccccc1)[C@H]1CCCO1.O=C(O)CC(O)(CC(=O)O)C(=O)O. The summed E-state index contributed by atoms with van der Waals surface area (Å²) in [6, 6.07) is 11.1. The number of carboxylic acid groups (broad SMARTS) is 3. The average Bonchev–Trinajstić information content (AvgIpc) is 3.16. The van der Waals surface area contributed by atoms with Gasteiger partial charge in [0, 0.05) is 12.6 Å². The van der Waals surface area contributed by atoms with Crippen molar-refractivity contribution < 1.29 is 39.5 Å². The van der Waals surface area contributed by atoms with Gasteiger partial charge in [-0.25, -0.2) is 4.79 Å². The largest absolute Gasteiger partial charge is 0.481 e. The number of benzene rings is 1. The summed E-state index contributed by atoms with van der Waals surface area (Å²) in [5, 5.41) is 37.4. The number of hydrogen-bond acceptors (Lipinski definition) is 6. The van der Waals surface area contributed by atoms with Crippen molar-refractivity contribution in [3.8, 4) is 0 Å². The molecule has 0 radical (unpaired) electrons. The quantitative estimate of drug-likeness (QED) is 0.381. The van der Waals surface area contributed by atoms with Gasteiger partial charge in [0.2, 0.25) is 0 Å². The number of aliphatic carboxylic acids is 3. The van der Waals surface area contributed by atoms with Crippen molar-refractivity contribution >= 4 is 17.9 Å². The second kappa shape index (κ2) is 12.2. The van der Waals surface area contributed by atoms with E-state index in [4.69, 9.17) is 25.2 Å². The molecule has 2 atom stereocenters. The predicted octanol–water partition coefficient (Wildman–Crippen LogP) is 1.14. The first-order valence-electron chi connectivity index (χ1n) is 9.46. The van der Waals surface area contributed by atoms with E-state index in [-0.39, 0.29) is 0 Å². The normalized spacial score (nSPS) is 17.1. The van der Waals surface area contributed by atoms with Crippen LogP contribution in [0.1, 0.15) is 38.2 Å². The minimum atomic E-state index is -2.74. The van der Waals surface area contributed by atoms with Crippen molar-refractivity contribution in [3.05, 3.63) is 35.9 Å². The van der Waals surface area contributed by atoms with Crippen LogP contribution in [0.25, 0.3) is 0 Å². The zero-order chi connectivity index (χ0) is 21.9. The molecule has 0 aliphatic carbocycles. The maximum Gasteiger partial charge on any atom is 0.336 e. The highest BCUT2D eigenvalue weighted by molar-refractivity contribution is 5.88. The first kappa shape index (κ1) is 24.5. The number of likely N-dealkylation sites (N-methyl/N-ethyl adjacent to an activating group) is 1. The number of nitrogens with one attached hydrogen (secondary N) is 1. The summed E-state index contributed by atoms with van der Waals surface area (Å²) in [5.41, 5.74) is -1.35. The number of carboxylic acids is 3. The molecule has 9 heteroatoms. The molecule has 162 valence electrons.